The van der Waals surface area contributed by atoms with Crippen molar-refractivity contribution in [2.45, 2.75) is 20.0 Å². The number of hydrogen-bond acceptors (Lipinski definition) is 6. The predicted molar refractivity (Wildman–Crippen MR) is 111 cm³/mol. The summed E-state index contributed by atoms with van der Waals surface area (Å²) in [5.41, 5.74) is 1.73. The lowest BCUT2D eigenvalue weighted by Gasteiger charge is -2.34. The van der Waals surface area contributed by atoms with Gasteiger partial charge in [0.2, 0.25) is 5.91 Å². The van der Waals surface area contributed by atoms with Crippen molar-refractivity contribution in [1.82, 2.24) is 29.7 Å². The molecular weight excluding hydrogens is 412 g/mol. The fourth-order valence-corrected chi connectivity index (χ4v) is 3.71. The highest BCUT2D eigenvalue weighted by molar-refractivity contribution is 7.71. The molecule has 0 atom stereocenters. The van der Waals surface area contributed by atoms with Gasteiger partial charge in [0.05, 0.1) is 12.2 Å². The molecule has 1 aliphatic heterocycles. The van der Waals surface area contributed by atoms with Crippen LogP contribution in [0.3, 0.4) is 0 Å². The van der Waals surface area contributed by atoms with Gasteiger partial charge in [-0.25, -0.2) is 0 Å². The Morgan fingerprint density at radius 1 is 1.24 bits per heavy atom. The molecule has 0 aliphatic carbocycles. The van der Waals surface area contributed by atoms with Crippen molar-refractivity contribution >= 4 is 29.7 Å². The maximum atomic E-state index is 12.9. The van der Waals surface area contributed by atoms with E-state index in [0.717, 1.165) is 30.1 Å². The second kappa shape index (κ2) is 8.48. The monoisotopic (exact) mass is 432 g/mol. The van der Waals surface area contributed by atoms with Crippen molar-refractivity contribution in [1.29, 1.82) is 0 Å². The van der Waals surface area contributed by atoms with Gasteiger partial charge >= 0.3 is 0 Å². The molecule has 0 unspecified atom stereocenters. The molecular formula is C19H21ClN6O2S. The number of aromatic amines is 1. The van der Waals surface area contributed by atoms with Crippen LogP contribution in [0.2, 0.25) is 5.02 Å². The SMILES string of the molecule is Cc1cc(CN2CCN(C(=O)Cn3c(-c4ccc(Cl)cc4)n[nH]c3=S)CC2)on1. The van der Waals surface area contributed by atoms with E-state index in [9.17, 15) is 4.79 Å². The number of carbonyl (C=O) groups is 1. The molecule has 10 heteroatoms. The van der Waals surface area contributed by atoms with E-state index in [4.69, 9.17) is 28.3 Å². The molecule has 2 aromatic heterocycles. The number of nitrogens with one attached hydrogen (secondary N) is 1. The molecule has 0 radical (unpaired) electrons. The van der Waals surface area contributed by atoms with Gasteiger partial charge in [-0.1, -0.05) is 16.8 Å². The van der Waals surface area contributed by atoms with Crippen molar-refractivity contribution in [3.63, 3.8) is 0 Å². The normalized spacial score (nSPS) is 15.0. The third kappa shape index (κ3) is 4.58. The zero-order valence-corrected chi connectivity index (χ0v) is 17.5. The summed E-state index contributed by atoms with van der Waals surface area (Å²) in [5.74, 6) is 1.49. The number of aryl methyl sites for hydroxylation is 1. The van der Waals surface area contributed by atoms with Crippen LogP contribution in [0.25, 0.3) is 11.4 Å². The zero-order chi connectivity index (χ0) is 20.4. The number of aromatic nitrogens is 4. The van der Waals surface area contributed by atoms with Gasteiger partial charge in [-0.2, -0.15) is 5.10 Å². The van der Waals surface area contributed by atoms with E-state index in [1.165, 1.54) is 0 Å². The molecule has 1 amide bonds. The highest BCUT2D eigenvalue weighted by atomic mass is 35.5. The largest absolute Gasteiger partial charge is 0.360 e. The van der Waals surface area contributed by atoms with Crippen LogP contribution in [0, 0.1) is 11.7 Å². The van der Waals surface area contributed by atoms with Crippen molar-refractivity contribution in [3.8, 4) is 11.4 Å². The lowest BCUT2D eigenvalue weighted by atomic mass is 10.2. The first-order valence-electron chi connectivity index (χ1n) is 9.33. The quantitative estimate of drug-likeness (QED) is 0.624. The standard InChI is InChI=1S/C19H21ClN6O2S/c1-13-10-16(28-23-13)11-24-6-8-25(9-7-24)17(27)12-26-18(21-22-19(26)29)14-2-4-15(20)5-3-14/h2-5,10H,6-9,11-12H2,1H3,(H,22,29). The Morgan fingerprint density at radius 3 is 2.62 bits per heavy atom. The highest BCUT2D eigenvalue weighted by Gasteiger charge is 2.23. The van der Waals surface area contributed by atoms with E-state index < -0.39 is 0 Å². The minimum atomic E-state index is 0.0212. The summed E-state index contributed by atoms with van der Waals surface area (Å²) in [7, 11) is 0. The summed E-state index contributed by atoms with van der Waals surface area (Å²) in [6.45, 7) is 5.65. The second-order valence-electron chi connectivity index (χ2n) is 7.04. The van der Waals surface area contributed by atoms with Gasteiger partial charge in [0.25, 0.3) is 0 Å². The molecule has 1 fully saturated rings. The van der Waals surface area contributed by atoms with Crippen LogP contribution in [0.5, 0.6) is 0 Å². The third-order valence-electron chi connectivity index (χ3n) is 4.94. The Bertz CT molecular complexity index is 1050. The molecule has 1 aromatic carbocycles. The average molecular weight is 433 g/mol. The van der Waals surface area contributed by atoms with Crippen molar-refractivity contribution in [2.24, 2.45) is 0 Å². The Labute approximate surface area is 178 Å². The van der Waals surface area contributed by atoms with E-state index in [1.54, 1.807) is 16.7 Å². The molecule has 3 aromatic rings. The van der Waals surface area contributed by atoms with Gasteiger partial charge in [0, 0.05) is 42.8 Å². The van der Waals surface area contributed by atoms with Gasteiger partial charge in [-0.05, 0) is 43.4 Å². The number of nitrogens with zero attached hydrogens (tertiary/aromatic N) is 5. The van der Waals surface area contributed by atoms with E-state index in [-0.39, 0.29) is 12.5 Å². The Hall–Kier alpha value is -2.49. The first-order valence-corrected chi connectivity index (χ1v) is 10.1. The Balaban J connectivity index is 1.39. The first-order chi connectivity index (χ1) is 14.0. The minimum absolute atomic E-state index is 0.0212. The maximum absolute atomic E-state index is 12.9. The molecule has 0 saturated carbocycles. The van der Waals surface area contributed by atoms with E-state index >= 15 is 0 Å². The summed E-state index contributed by atoms with van der Waals surface area (Å²) >= 11 is 11.3. The van der Waals surface area contributed by atoms with Crippen LogP contribution >= 0.6 is 23.8 Å². The molecule has 1 saturated heterocycles. The van der Waals surface area contributed by atoms with Crippen LogP contribution in [0.1, 0.15) is 11.5 Å². The zero-order valence-electron chi connectivity index (χ0n) is 16.0. The highest BCUT2D eigenvalue weighted by Crippen LogP contribution is 2.20. The molecule has 8 nitrogen and oxygen atoms in total. The lowest BCUT2D eigenvalue weighted by Crippen LogP contribution is -2.49. The van der Waals surface area contributed by atoms with Crippen LogP contribution in [-0.2, 0) is 17.9 Å². The number of halogens is 1. The van der Waals surface area contributed by atoms with Crippen molar-refractivity contribution in [2.75, 3.05) is 26.2 Å². The predicted octanol–water partition coefficient (Wildman–Crippen LogP) is 2.90. The van der Waals surface area contributed by atoms with Gasteiger partial charge in [0.1, 0.15) is 6.54 Å². The maximum Gasteiger partial charge on any atom is 0.242 e. The number of hydrogen-bond donors (Lipinski definition) is 1. The fourth-order valence-electron chi connectivity index (χ4n) is 3.39. The fraction of sp³-hybridized carbons (Fsp3) is 0.368. The first kappa shape index (κ1) is 19.8. The molecule has 3 heterocycles. The molecule has 29 heavy (non-hydrogen) atoms. The molecule has 1 aliphatic rings. The summed E-state index contributed by atoms with van der Waals surface area (Å²) in [6, 6.07) is 9.24. The summed E-state index contributed by atoms with van der Waals surface area (Å²) < 4.78 is 7.43. The van der Waals surface area contributed by atoms with Crippen LogP contribution < -0.4 is 0 Å². The number of benzene rings is 1. The average Bonchev–Trinajstić information content (AvgIpc) is 3.29. The molecule has 4 rings (SSSR count). The van der Waals surface area contributed by atoms with Crippen LogP contribution in [0.15, 0.2) is 34.9 Å². The molecule has 0 bridgehead atoms. The number of amides is 1. The summed E-state index contributed by atoms with van der Waals surface area (Å²) in [6.07, 6.45) is 0. The van der Waals surface area contributed by atoms with Crippen molar-refractivity contribution in [3.05, 3.63) is 51.6 Å². The van der Waals surface area contributed by atoms with E-state index in [2.05, 4.69) is 20.3 Å². The smallest absolute Gasteiger partial charge is 0.242 e. The molecule has 0 spiro atoms. The topological polar surface area (TPSA) is 83.2 Å². The van der Waals surface area contributed by atoms with Gasteiger partial charge in [0.15, 0.2) is 16.4 Å². The van der Waals surface area contributed by atoms with Crippen LogP contribution in [-0.4, -0.2) is 61.8 Å². The Morgan fingerprint density at radius 2 is 1.97 bits per heavy atom. The number of H-pyrrole nitrogens is 1. The summed E-state index contributed by atoms with van der Waals surface area (Å²) in [4.78, 5) is 17.0. The van der Waals surface area contributed by atoms with Gasteiger partial charge in [-0.15, -0.1) is 0 Å². The second-order valence-corrected chi connectivity index (χ2v) is 7.86. The van der Waals surface area contributed by atoms with Crippen LogP contribution in [0.4, 0.5) is 0 Å². The lowest BCUT2D eigenvalue weighted by molar-refractivity contribution is -0.133. The number of rotatable bonds is 5. The number of carbonyl (C=O) groups excluding carboxylic acids is 1. The number of piperazine rings is 1. The van der Waals surface area contributed by atoms with Gasteiger partial charge in [-0.3, -0.25) is 19.4 Å². The Kier molecular flexibility index (Phi) is 5.79. The molecule has 152 valence electrons. The van der Waals surface area contributed by atoms with E-state index in [1.807, 2.05) is 30.0 Å². The molecule has 1 N–H and O–H groups in total. The van der Waals surface area contributed by atoms with Gasteiger partial charge < -0.3 is 9.42 Å². The third-order valence-corrected chi connectivity index (χ3v) is 5.50. The van der Waals surface area contributed by atoms with E-state index in [0.29, 0.717) is 35.3 Å². The summed E-state index contributed by atoms with van der Waals surface area (Å²) in [5, 5.41) is 11.6. The minimum Gasteiger partial charge on any atom is -0.360 e. The van der Waals surface area contributed by atoms with Crippen molar-refractivity contribution < 1.29 is 9.32 Å².